The maximum atomic E-state index is 12.5. The second kappa shape index (κ2) is 7.32. The van der Waals surface area contributed by atoms with E-state index in [1.54, 1.807) is 22.8 Å². The standard InChI is InChI=1S/C23H20N4O4/c24-23-25-18-8-7-16(11-21(18)31-23)27-13-17(22(29)30)20(28)12-19(27)14-3-5-15(6-4-14)26-9-1-2-10-26/h3-8,11-13H,1-2,9-10H2,(H2,24,25)(H,29,30). The lowest BCUT2D eigenvalue weighted by Gasteiger charge is -2.19. The highest BCUT2D eigenvalue weighted by molar-refractivity contribution is 5.88. The van der Waals surface area contributed by atoms with Gasteiger partial charge in [-0.1, -0.05) is 12.1 Å². The van der Waals surface area contributed by atoms with Gasteiger partial charge in [-0.05, 0) is 42.7 Å². The summed E-state index contributed by atoms with van der Waals surface area (Å²) in [6.07, 6.45) is 3.72. The van der Waals surface area contributed by atoms with Crippen molar-refractivity contribution < 1.29 is 14.3 Å². The van der Waals surface area contributed by atoms with Crippen molar-refractivity contribution >= 4 is 28.8 Å². The Bertz CT molecular complexity index is 1350. The van der Waals surface area contributed by atoms with Crippen molar-refractivity contribution in [1.82, 2.24) is 9.55 Å². The minimum Gasteiger partial charge on any atom is -0.477 e. The molecule has 8 nitrogen and oxygen atoms in total. The fraction of sp³-hybridized carbons (Fsp3) is 0.174. The fourth-order valence-corrected chi connectivity index (χ4v) is 4.03. The molecule has 1 aliphatic heterocycles. The molecule has 5 rings (SSSR count). The molecule has 0 unspecified atom stereocenters. The third-order valence-electron chi connectivity index (χ3n) is 5.58. The van der Waals surface area contributed by atoms with Crippen LogP contribution in [0.4, 0.5) is 11.7 Å². The van der Waals surface area contributed by atoms with Crippen molar-refractivity contribution in [3.63, 3.8) is 0 Å². The maximum absolute atomic E-state index is 12.5. The van der Waals surface area contributed by atoms with Crippen LogP contribution in [-0.4, -0.2) is 33.7 Å². The van der Waals surface area contributed by atoms with E-state index in [4.69, 9.17) is 10.2 Å². The van der Waals surface area contributed by atoms with Gasteiger partial charge < -0.3 is 24.7 Å². The molecule has 2 aromatic carbocycles. The Balaban J connectivity index is 1.66. The first-order chi connectivity index (χ1) is 15.0. The van der Waals surface area contributed by atoms with Crippen molar-refractivity contribution in [2.75, 3.05) is 23.7 Å². The molecular formula is C23H20N4O4. The fourth-order valence-electron chi connectivity index (χ4n) is 4.03. The lowest BCUT2D eigenvalue weighted by atomic mass is 10.1. The van der Waals surface area contributed by atoms with Crippen LogP contribution in [0.25, 0.3) is 28.0 Å². The van der Waals surface area contributed by atoms with Crippen LogP contribution in [0.15, 0.2) is 63.9 Å². The van der Waals surface area contributed by atoms with Crippen LogP contribution < -0.4 is 16.1 Å². The van der Waals surface area contributed by atoms with E-state index in [0.717, 1.165) is 24.3 Å². The van der Waals surface area contributed by atoms with E-state index in [2.05, 4.69) is 9.88 Å². The summed E-state index contributed by atoms with van der Waals surface area (Å²) in [4.78, 5) is 30.5. The Morgan fingerprint density at radius 3 is 2.45 bits per heavy atom. The van der Waals surface area contributed by atoms with Gasteiger partial charge >= 0.3 is 5.97 Å². The van der Waals surface area contributed by atoms with E-state index in [-0.39, 0.29) is 11.6 Å². The summed E-state index contributed by atoms with van der Waals surface area (Å²) in [5.74, 6) is -1.28. The molecule has 156 valence electrons. The number of carboxylic acids is 1. The number of benzene rings is 2. The minimum atomic E-state index is -1.28. The Labute approximate surface area is 177 Å². The molecule has 4 aromatic rings. The van der Waals surface area contributed by atoms with Gasteiger partial charge in [-0.3, -0.25) is 4.79 Å². The molecule has 1 saturated heterocycles. The Morgan fingerprint density at radius 2 is 1.74 bits per heavy atom. The molecule has 3 N–H and O–H groups in total. The molecule has 0 aliphatic carbocycles. The second-order valence-electron chi connectivity index (χ2n) is 7.56. The number of rotatable bonds is 4. The van der Waals surface area contributed by atoms with Gasteiger partial charge in [-0.25, -0.2) is 4.79 Å². The normalized spacial score (nSPS) is 13.7. The van der Waals surface area contributed by atoms with Gasteiger partial charge in [0.25, 0.3) is 6.01 Å². The molecule has 0 spiro atoms. The Morgan fingerprint density at radius 1 is 1.03 bits per heavy atom. The van der Waals surface area contributed by atoms with Crippen molar-refractivity contribution in [3.05, 3.63) is 70.5 Å². The number of anilines is 2. The lowest BCUT2D eigenvalue weighted by molar-refractivity contribution is 0.0695. The van der Waals surface area contributed by atoms with E-state index < -0.39 is 11.4 Å². The highest BCUT2D eigenvalue weighted by Gasteiger charge is 2.17. The van der Waals surface area contributed by atoms with Crippen LogP contribution in [-0.2, 0) is 0 Å². The van der Waals surface area contributed by atoms with Crippen molar-refractivity contribution in [3.8, 4) is 16.9 Å². The number of oxazole rings is 1. The van der Waals surface area contributed by atoms with Crippen LogP contribution in [0.5, 0.6) is 0 Å². The average Bonchev–Trinajstić information content (AvgIpc) is 3.42. The summed E-state index contributed by atoms with van der Waals surface area (Å²) >= 11 is 0. The summed E-state index contributed by atoms with van der Waals surface area (Å²) in [5, 5.41) is 9.47. The summed E-state index contributed by atoms with van der Waals surface area (Å²) in [5.41, 5.74) is 8.99. The zero-order chi connectivity index (χ0) is 21.5. The van der Waals surface area contributed by atoms with E-state index in [1.165, 1.54) is 25.1 Å². The smallest absolute Gasteiger partial charge is 0.341 e. The van der Waals surface area contributed by atoms with Crippen molar-refractivity contribution in [2.24, 2.45) is 0 Å². The number of aromatic carboxylic acids is 1. The van der Waals surface area contributed by atoms with Crippen molar-refractivity contribution in [2.45, 2.75) is 12.8 Å². The number of pyridine rings is 1. The number of nitrogen functional groups attached to an aromatic ring is 1. The number of hydrogen-bond donors (Lipinski definition) is 2. The molecule has 3 heterocycles. The van der Waals surface area contributed by atoms with E-state index in [9.17, 15) is 14.7 Å². The highest BCUT2D eigenvalue weighted by Crippen LogP contribution is 2.28. The molecule has 1 fully saturated rings. The van der Waals surface area contributed by atoms with E-state index in [1.807, 2.05) is 24.3 Å². The number of carboxylic acid groups (broad SMARTS) is 1. The number of carbonyl (C=O) groups is 1. The first-order valence-corrected chi connectivity index (χ1v) is 10.0. The Hall–Kier alpha value is -4.07. The molecule has 0 saturated carbocycles. The van der Waals surface area contributed by atoms with E-state index >= 15 is 0 Å². The quantitative estimate of drug-likeness (QED) is 0.523. The summed E-state index contributed by atoms with van der Waals surface area (Å²) in [6, 6.07) is 14.6. The monoisotopic (exact) mass is 416 g/mol. The Kier molecular flexibility index (Phi) is 4.47. The third kappa shape index (κ3) is 3.42. The van der Waals surface area contributed by atoms with Crippen molar-refractivity contribution in [1.29, 1.82) is 0 Å². The maximum Gasteiger partial charge on any atom is 0.341 e. The topological polar surface area (TPSA) is 115 Å². The van der Waals surface area contributed by atoms with Crippen LogP contribution in [0.3, 0.4) is 0 Å². The van der Waals surface area contributed by atoms with Gasteiger partial charge in [-0.15, -0.1) is 0 Å². The predicted octanol–water partition coefficient (Wildman–Crippen LogP) is 3.53. The molecule has 31 heavy (non-hydrogen) atoms. The number of aromatic nitrogens is 2. The lowest BCUT2D eigenvalue weighted by Crippen LogP contribution is -2.18. The van der Waals surface area contributed by atoms with Crippen LogP contribution >= 0.6 is 0 Å². The molecule has 1 aliphatic rings. The largest absolute Gasteiger partial charge is 0.477 e. The van der Waals surface area contributed by atoms with Gasteiger partial charge in [0.2, 0.25) is 0 Å². The molecule has 0 bridgehead atoms. The summed E-state index contributed by atoms with van der Waals surface area (Å²) < 4.78 is 7.09. The number of nitrogens with two attached hydrogens (primary N) is 1. The number of nitrogens with zero attached hydrogens (tertiary/aromatic N) is 3. The van der Waals surface area contributed by atoms with Crippen LogP contribution in [0.1, 0.15) is 23.2 Å². The summed E-state index contributed by atoms with van der Waals surface area (Å²) in [7, 11) is 0. The minimum absolute atomic E-state index is 0.0519. The average molecular weight is 416 g/mol. The van der Waals surface area contributed by atoms with Gasteiger partial charge in [0, 0.05) is 42.8 Å². The summed E-state index contributed by atoms with van der Waals surface area (Å²) in [6.45, 7) is 2.08. The SMILES string of the molecule is Nc1nc2ccc(-n3cc(C(=O)O)c(=O)cc3-c3ccc(N4CCCC4)cc3)cc2o1. The van der Waals surface area contributed by atoms with Crippen LogP contribution in [0, 0.1) is 0 Å². The number of fused-ring (bicyclic) bond motifs is 1. The molecule has 2 aromatic heterocycles. The molecule has 0 atom stereocenters. The third-order valence-corrected chi connectivity index (χ3v) is 5.58. The molecular weight excluding hydrogens is 396 g/mol. The van der Waals surface area contributed by atoms with Crippen LogP contribution in [0.2, 0.25) is 0 Å². The molecule has 0 amide bonds. The van der Waals surface area contributed by atoms with E-state index in [0.29, 0.717) is 22.5 Å². The van der Waals surface area contributed by atoms with Gasteiger partial charge in [-0.2, -0.15) is 4.98 Å². The first-order valence-electron chi connectivity index (χ1n) is 10.0. The van der Waals surface area contributed by atoms with Gasteiger partial charge in [0.15, 0.2) is 11.0 Å². The van der Waals surface area contributed by atoms with Gasteiger partial charge in [0.05, 0.1) is 5.69 Å². The zero-order valence-corrected chi connectivity index (χ0v) is 16.6. The highest BCUT2D eigenvalue weighted by atomic mass is 16.4. The number of hydrogen-bond acceptors (Lipinski definition) is 6. The zero-order valence-electron chi connectivity index (χ0n) is 16.6. The second-order valence-corrected chi connectivity index (χ2v) is 7.56. The predicted molar refractivity (Wildman–Crippen MR) is 118 cm³/mol. The molecule has 8 heteroatoms. The molecule has 0 radical (unpaired) electrons. The first kappa shape index (κ1) is 18.9. The van der Waals surface area contributed by atoms with Gasteiger partial charge in [0.1, 0.15) is 11.1 Å².